The van der Waals surface area contributed by atoms with Crippen molar-refractivity contribution in [2.45, 2.75) is 6.42 Å². The van der Waals surface area contributed by atoms with E-state index in [9.17, 15) is 13.6 Å². The van der Waals surface area contributed by atoms with Crippen LogP contribution in [0.4, 0.5) is 20.2 Å². The summed E-state index contributed by atoms with van der Waals surface area (Å²) >= 11 is 2.89. The van der Waals surface area contributed by atoms with Crippen LogP contribution >= 0.6 is 15.9 Å². The van der Waals surface area contributed by atoms with Crippen molar-refractivity contribution in [3.8, 4) is 0 Å². The fraction of sp³-hybridized carbons (Fsp3) is 0.133. The standard InChI is InChI=1S/C15H11BrF2N2O/c16-10-6-12(18)14(7-11(10)17)20-15(21)9-1-2-13-8(5-9)3-4-19-13/h1-2,5-7,19H,3-4H2,(H,20,21). The Hall–Kier alpha value is -1.95. The van der Waals surface area contributed by atoms with Gasteiger partial charge in [-0.15, -0.1) is 0 Å². The SMILES string of the molecule is O=C(Nc1cc(F)c(Br)cc1F)c1ccc2c(c1)CCN2. The van der Waals surface area contributed by atoms with E-state index in [-0.39, 0.29) is 10.2 Å². The third-order valence-electron chi connectivity index (χ3n) is 3.34. The minimum absolute atomic E-state index is 0.0154. The number of amides is 1. The maximum Gasteiger partial charge on any atom is 0.255 e. The summed E-state index contributed by atoms with van der Waals surface area (Å²) in [5.74, 6) is -1.80. The monoisotopic (exact) mass is 352 g/mol. The van der Waals surface area contributed by atoms with Gasteiger partial charge < -0.3 is 10.6 Å². The van der Waals surface area contributed by atoms with Crippen LogP contribution < -0.4 is 10.6 Å². The predicted octanol–water partition coefficient (Wildman–Crippen LogP) is 3.95. The van der Waals surface area contributed by atoms with Gasteiger partial charge in [0.1, 0.15) is 11.6 Å². The summed E-state index contributed by atoms with van der Waals surface area (Å²) < 4.78 is 27.1. The molecule has 1 aliphatic rings. The summed E-state index contributed by atoms with van der Waals surface area (Å²) in [6.07, 6.45) is 0.845. The van der Waals surface area contributed by atoms with Crippen molar-refractivity contribution in [1.82, 2.24) is 0 Å². The Morgan fingerprint density at radius 2 is 2.00 bits per heavy atom. The van der Waals surface area contributed by atoms with Gasteiger partial charge in [0.05, 0.1) is 10.2 Å². The number of anilines is 2. The molecule has 2 aromatic rings. The lowest BCUT2D eigenvalue weighted by Gasteiger charge is -2.08. The Bertz CT molecular complexity index is 734. The first-order valence-corrected chi connectivity index (χ1v) is 7.16. The fourth-order valence-electron chi connectivity index (χ4n) is 2.26. The van der Waals surface area contributed by atoms with Crippen LogP contribution in [0, 0.1) is 11.6 Å². The van der Waals surface area contributed by atoms with Gasteiger partial charge in [-0.25, -0.2) is 8.78 Å². The number of benzene rings is 2. The topological polar surface area (TPSA) is 41.1 Å². The van der Waals surface area contributed by atoms with Crippen LogP contribution in [0.15, 0.2) is 34.8 Å². The summed E-state index contributed by atoms with van der Waals surface area (Å²) in [5, 5.41) is 5.58. The smallest absolute Gasteiger partial charge is 0.255 e. The van der Waals surface area contributed by atoms with E-state index >= 15 is 0 Å². The molecule has 1 heterocycles. The Balaban J connectivity index is 1.85. The number of rotatable bonds is 2. The van der Waals surface area contributed by atoms with Gasteiger partial charge in [0.2, 0.25) is 0 Å². The molecule has 2 aromatic carbocycles. The van der Waals surface area contributed by atoms with Crippen molar-refractivity contribution in [3.05, 3.63) is 57.6 Å². The van der Waals surface area contributed by atoms with Crippen molar-refractivity contribution >= 4 is 33.2 Å². The van der Waals surface area contributed by atoms with Crippen LogP contribution in [0.2, 0.25) is 0 Å². The molecular formula is C15H11BrF2N2O. The minimum atomic E-state index is -0.695. The maximum atomic E-state index is 13.7. The Labute approximate surface area is 128 Å². The molecule has 0 atom stereocenters. The van der Waals surface area contributed by atoms with Crippen LogP contribution in [0.1, 0.15) is 15.9 Å². The lowest BCUT2D eigenvalue weighted by Crippen LogP contribution is -2.13. The van der Waals surface area contributed by atoms with E-state index < -0.39 is 17.5 Å². The molecule has 1 aliphatic heterocycles. The number of nitrogens with one attached hydrogen (secondary N) is 2. The molecule has 6 heteroatoms. The Morgan fingerprint density at radius 1 is 1.19 bits per heavy atom. The molecular weight excluding hydrogens is 342 g/mol. The first kappa shape index (κ1) is 14.0. The van der Waals surface area contributed by atoms with E-state index in [1.165, 1.54) is 0 Å². The highest BCUT2D eigenvalue weighted by Crippen LogP contribution is 2.26. The maximum absolute atomic E-state index is 13.7. The van der Waals surface area contributed by atoms with Crippen molar-refractivity contribution < 1.29 is 13.6 Å². The van der Waals surface area contributed by atoms with Gasteiger partial charge in [0.25, 0.3) is 5.91 Å². The van der Waals surface area contributed by atoms with Gasteiger partial charge in [-0.1, -0.05) is 0 Å². The summed E-state index contributed by atoms with van der Waals surface area (Å²) in [6.45, 7) is 0.840. The minimum Gasteiger partial charge on any atom is -0.384 e. The van der Waals surface area contributed by atoms with Gasteiger partial charge >= 0.3 is 0 Å². The summed E-state index contributed by atoms with van der Waals surface area (Å²) in [5.41, 5.74) is 2.29. The van der Waals surface area contributed by atoms with Crippen molar-refractivity contribution in [3.63, 3.8) is 0 Å². The summed E-state index contributed by atoms with van der Waals surface area (Å²) in [4.78, 5) is 12.1. The van der Waals surface area contributed by atoms with Gasteiger partial charge in [0, 0.05) is 23.9 Å². The molecule has 0 bridgehead atoms. The summed E-state index contributed by atoms with van der Waals surface area (Å²) in [7, 11) is 0. The quantitative estimate of drug-likeness (QED) is 0.803. The number of carbonyl (C=O) groups is 1. The molecule has 0 saturated carbocycles. The van der Waals surface area contributed by atoms with Crippen LogP contribution in [-0.2, 0) is 6.42 Å². The van der Waals surface area contributed by atoms with Gasteiger partial charge in [-0.05, 0) is 52.2 Å². The second-order valence-corrected chi connectivity index (χ2v) is 5.60. The molecule has 21 heavy (non-hydrogen) atoms. The van der Waals surface area contributed by atoms with E-state index in [4.69, 9.17) is 0 Å². The molecule has 2 N–H and O–H groups in total. The van der Waals surface area contributed by atoms with E-state index in [0.29, 0.717) is 5.56 Å². The molecule has 0 spiro atoms. The fourth-order valence-corrected chi connectivity index (χ4v) is 2.57. The highest BCUT2D eigenvalue weighted by atomic mass is 79.9. The molecule has 3 rings (SSSR count). The Kier molecular flexibility index (Phi) is 3.63. The van der Waals surface area contributed by atoms with E-state index in [2.05, 4.69) is 26.6 Å². The molecule has 0 radical (unpaired) electrons. The third kappa shape index (κ3) is 2.76. The number of carbonyl (C=O) groups excluding carboxylic acids is 1. The van der Waals surface area contributed by atoms with E-state index in [0.717, 1.165) is 36.3 Å². The zero-order valence-electron chi connectivity index (χ0n) is 10.8. The van der Waals surface area contributed by atoms with Crippen LogP contribution in [0.25, 0.3) is 0 Å². The molecule has 0 unspecified atom stereocenters. The average molecular weight is 353 g/mol. The van der Waals surface area contributed by atoms with Crippen LogP contribution in [0.5, 0.6) is 0 Å². The van der Waals surface area contributed by atoms with Crippen LogP contribution in [0.3, 0.4) is 0 Å². The first-order valence-electron chi connectivity index (χ1n) is 6.37. The van der Waals surface area contributed by atoms with Gasteiger partial charge in [-0.3, -0.25) is 4.79 Å². The van der Waals surface area contributed by atoms with Gasteiger partial charge in [-0.2, -0.15) is 0 Å². The molecule has 3 nitrogen and oxygen atoms in total. The molecule has 108 valence electrons. The highest BCUT2D eigenvalue weighted by molar-refractivity contribution is 9.10. The normalized spacial score (nSPS) is 12.7. The highest BCUT2D eigenvalue weighted by Gasteiger charge is 2.15. The lowest BCUT2D eigenvalue weighted by molar-refractivity contribution is 0.102. The molecule has 0 aromatic heterocycles. The largest absolute Gasteiger partial charge is 0.384 e. The lowest BCUT2D eigenvalue weighted by atomic mass is 10.1. The van der Waals surface area contributed by atoms with E-state index in [1.54, 1.807) is 12.1 Å². The van der Waals surface area contributed by atoms with Crippen molar-refractivity contribution in [2.24, 2.45) is 0 Å². The molecule has 1 amide bonds. The van der Waals surface area contributed by atoms with Gasteiger partial charge in [0.15, 0.2) is 0 Å². The second-order valence-electron chi connectivity index (χ2n) is 4.75. The summed E-state index contributed by atoms with van der Waals surface area (Å²) in [6, 6.07) is 7.16. The van der Waals surface area contributed by atoms with Crippen molar-refractivity contribution in [2.75, 3.05) is 17.2 Å². The first-order chi connectivity index (χ1) is 10.0. The predicted molar refractivity (Wildman–Crippen MR) is 80.6 cm³/mol. The average Bonchev–Trinajstić information content (AvgIpc) is 2.92. The third-order valence-corrected chi connectivity index (χ3v) is 3.94. The number of hydrogen-bond acceptors (Lipinski definition) is 2. The Morgan fingerprint density at radius 3 is 2.81 bits per heavy atom. The van der Waals surface area contributed by atoms with E-state index in [1.807, 2.05) is 6.07 Å². The zero-order valence-corrected chi connectivity index (χ0v) is 12.4. The number of fused-ring (bicyclic) bond motifs is 1. The molecule has 0 saturated heterocycles. The molecule has 0 fully saturated rings. The number of halogens is 3. The van der Waals surface area contributed by atoms with Crippen LogP contribution in [-0.4, -0.2) is 12.5 Å². The second kappa shape index (κ2) is 5.44. The number of hydrogen-bond donors (Lipinski definition) is 2. The molecule has 0 aliphatic carbocycles. The van der Waals surface area contributed by atoms with Crippen molar-refractivity contribution in [1.29, 1.82) is 0 Å². The zero-order chi connectivity index (χ0) is 15.0.